The minimum Gasteiger partial charge on any atom is -0.657 e. The number of rotatable bonds is 7. The Hall–Kier alpha value is -5.74. The maximum atomic E-state index is 4.75. The molecule has 7 aromatic carbocycles. The van der Waals surface area contributed by atoms with Crippen LogP contribution in [0.1, 0.15) is 101 Å². The molecular formula is C55H53AuN4+2. The van der Waals surface area contributed by atoms with Gasteiger partial charge in [0.1, 0.15) is 0 Å². The van der Waals surface area contributed by atoms with Crippen LogP contribution < -0.4 is 14.1 Å². The summed E-state index contributed by atoms with van der Waals surface area (Å²) in [4.78, 5) is 4.75. The summed E-state index contributed by atoms with van der Waals surface area (Å²) in [7, 11) is 0. The summed E-state index contributed by atoms with van der Waals surface area (Å²) in [5.41, 5.74) is 16.2. The molecule has 0 aliphatic carbocycles. The van der Waals surface area contributed by atoms with Crippen molar-refractivity contribution in [2.45, 2.75) is 79.1 Å². The van der Waals surface area contributed by atoms with E-state index < -0.39 is 0 Å². The molecule has 1 aliphatic heterocycles. The average Bonchev–Trinajstić information content (AvgIpc) is 3.93. The third-order valence-corrected chi connectivity index (χ3v) is 11.9. The van der Waals surface area contributed by atoms with E-state index in [1.165, 1.54) is 83.3 Å². The summed E-state index contributed by atoms with van der Waals surface area (Å²) in [6.07, 6.45) is 0. The monoisotopic (exact) mass is 966 g/mol. The van der Waals surface area contributed by atoms with Crippen molar-refractivity contribution in [2.75, 3.05) is 0 Å². The first-order chi connectivity index (χ1) is 28.6. The Bertz CT molecular complexity index is 2910. The van der Waals surface area contributed by atoms with Gasteiger partial charge in [0.2, 0.25) is 11.4 Å². The number of hydrogen-bond acceptors (Lipinski definition) is 0. The molecule has 0 saturated heterocycles. The van der Waals surface area contributed by atoms with Crippen LogP contribution in [0.3, 0.4) is 0 Å². The third-order valence-electron chi connectivity index (χ3n) is 11.9. The van der Waals surface area contributed by atoms with Crippen molar-refractivity contribution in [2.24, 2.45) is 0 Å². The molecule has 0 unspecified atom stereocenters. The smallest absolute Gasteiger partial charge is 0.657 e. The van der Waals surface area contributed by atoms with Crippen LogP contribution in [0.25, 0.3) is 49.3 Å². The van der Waals surface area contributed by atoms with E-state index in [0.717, 1.165) is 11.0 Å². The second-order valence-corrected chi connectivity index (χ2v) is 17.1. The Morgan fingerprint density at radius 2 is 0.817 bits per heavy atom. The van der Waals surface area contributed by atoms with E-state index in [1.807, 2.05) is 6.07 Å². The van der Waals surface area contributed by atoms with Crippen LogP contribution in [-0.2, 0) is 22.4 Å². The number of benzene rings is 7. The molecule has 9 aromatic rings. The van der Waals surface area contributed by atoms with Gasteiger partial charge in [-0.25, -0.2) is 0 Å². The average molecular weight is 967 g/mol. The van der Waals surface area contributed by atoms with E-state index in [2.05, 4.69) is 221 Å². The minimum absolute atomic E-state index is 0. The standard InChI is InChI=1S/C31H38N2.C24H15N2.Au/c1-20(2)24-13-11-14-25(21(3)4)30(24)32-19-33(29-18-10-9-17-28(29)32)31-26(22(5)6)15-12-16-27(31)23(7)8;1-4-10-21-17(7-1)20-15-16(13-14-22(20)25-21)26-23-11-5-2-8-18(23)19-9-3-6-12-24(19)26;/h9-18,20-23H,1-8H3;1-15H;/q+2;-1;+1. The molecule has 1 aliphatic rings. The summed E-state index contributed by atoms with van der Waals surface area (Å²) >= 11 is 0. The fourth-order valence-electron chi connectivity index (χ4n) is 9.04. The van der Waals surface area contributed by atoms with Gasteiger partial charge in [0.05, 0.1) is 11.0 Å². The van der Waals surface area contributed by atoms with Crippen molar-refractivity contribution in [3.63, 3.8) is 0 Å². The molecule has 3 heterocycles. The Labute approximate surface area is 370 Å². The molecule has 2 aromatic heterocycles. The molecule has 5 heteroatoms. The minimum atomic E-state index is 0. The Kier molecular flexibility index (Phi) is 11.4. The van der Waals surface area contributed by atoms with Crippen LogP contribution in [0.2, 0.25) is 0 Å². The quantitative estimate of drug-likeness (QED) is 0.115. The molecule has 302 valence electrons. The number of aromatic nitrogens is 2. The summed E-state index contributed by atoms with van der Waals surface area (Å²) < 4.78 is 6.99. The van der Waals surface area contributed by atoms with Gasteiger partial charge in [0.25, 0.3) is 11.4 Å². The van der Waals surface area contributed by atoms with E-state index in [0.29, 0.717) is 23.7 Å². The molecule has 60 heavy (non-hydrogen) atoms. The van der Waals surface area contributed by atoms with Gasteiger partial charge in [-0.1, -0.05) is 171 Å². The Morgan fingerprint density at radius 1 is 0.417 bits per heavy atom. The van der Waals surface area contributed by atoms with Crippen molar-refractivity contribution >= 4 is 72.4 Å². The maximum absolute atomic E-state index is 4.75. The van der Waals surface area contributed by atoms with Crippen LogP contribution in [0.5, 0.6) is 0 Å². The topological polar surface area (TPSA) is 25.1 Å². The molecule has 4 nitrogen and oxygen atoms in total. The molecule has 0 bridgehead atoms. The van der Waals surface area contributed by atoms with E-state index in [1.54, 1.807) is 0 Å². The first-order valence-electron chi connectivity index (χ1n) is 21.3. The summed E-state index contributed by atoms with van der Waals surface area (Å²) in [5, 5.41) is 4.99. The number of hydrogen-bond donors (Lipinski definition) is 0. The van der Waals surface area contributed by atoms with Gasteiger partial charge in [-0.3, -0.25) is 0 Å². The summed E-state index contributed by atoms with van der Waals surface area (Å²) in [6.45, 7) is 18.3. The normalized spacial score (nSPS) is 12.4. The second kappa shape index (κ2) is 16.7. The molecule has 0 saturated carbocycles. The Morgan fingerprint density at radius 3 is 1.28 bits per heavy atom. The van der Waals surface area contributed by atoms with Gasteiger partial charge < -0.3 is 9.55 Å². The van der Waals surface area contributed by atoms with E-state index in [4.69, 9.17) is 4.98 Å². The Balaban J connectivity index is 0.000000167. The molecule has 0 radical (unpaired) electrons. The predicted octanol–water partition coefficient (Wildman–Crippen LogP) is 15.1. The number of para-hydroxylation sites is 7. The van der Waals surface area contributed by atoms with Crippen molar-refractivity contribution in [1.29, 1.82) is 0 Å². The summed E-state index contributed by atoms with van der Waals surface area (Å²) in [5.74, 6) is 1.71. The second-order valence-electron chi connectivity index (χ2n) is 17.1. The fourth-order valence-corrected chi connectivity index (χ4v) is 9.04. The first kappa shape index (κ1) is 41.0. The molecule has 0 N–H and O–H groups in total. The van der Waals surface area contributed by atoms with E-state index in [-0.39, 0.29) is 22.4 Å². The van der Waals surface area contributed by atoms with Crippen LogP contribution in [-0.4, -0.2) is 10.6 Å². The molecule has 0 fully saturated rings. The van der Waals surface area contributed by atoms with E-state index in [9.17, 15) is 0 Å². The predicted molar refractivity (Wildman–Crippen MR) is 253 cm³/mol. The number of fused-ring (bicyclic) bond motifs is 7. The number of nitrogens with zero attached hydrogens (tertiary/aromatic N) is 4. The third kappa shape index (κ3) is 7.08. The van der Waals surface area contributed by atoms with Crippen LogP contribution in [0.15, 0.2) is 152 Å². The van der Waals surface area contributed by atoms with Gasteiger partial charge in [0.15, 0.2) is 0 Å². The zero-order chi connectivity index (χ0) is 40.9. The fraction of sp³-hybridized carbons (Fsp3) is 0.218. The van der Waals surface area contributed by atoms with Crippen LogP contribution in [0, 0.1) is 0 Å². The van der Waals surface area contributed by atoms with Crippen molar-refractivity contribution in [3.05, 3.63) is 174 Å². The van der Waals surface area contributed by atoms with Crippen molar-refractivity contribution < 1.29 is 22.4 Å². The largest absolute Gasteiger partial charge is 1.00 e. The van der Waals surface area contributed by atoms with Crippen LogP contribution in [0.4, 0.5) is 22.7 Å². The summed E-state index contributed by atoms with van der Waals surface area (Å²) in [6, 6.07) is 58.3. The van der Waals surface area contributed by atoms with Crippen molar-refractivity contribution in [3.8, 4) is 5.69 Å². The van der Waals surface area contributed by atoms with Gasteiger partial charge in [-0.05, 0) is 67.9 Å². The molecule has 0 spiro atoms. The maximum Gasteiger partial charge on any atom is 1.00 e. The van der Waals surface area contributed by atoms with Crippen molar-refractivity contribution in [1.82, 2.24) is 18.7 Å². The molecule has 0 atom stereocenters. The van der Waals surface area contributed by atoms with E-state index >= 15 is 0 Å². The van der Waals surface area contributed by atoms with Gasteiger partial charge in [-0.2, -0.15) is 0 Å². The van der Waals surface area contributed by atoms with Gasteiger partial charge in [-0.15, -0.1) is 11.0 Å². The van der Waals surface area contributed by atoms with Gasteiger partial charge in [0, 0.05) is 50.8 Å². The first-order valence-corrected chi connectivity index (χ1v) is 21.3. The molecule has 10 rings (SSSR count). The molecule has 0 amide bonds. The SMILES string of the molecule is CC(C)c1cccc(C(C)C)c1[N+]1=C=[N+](c2c(C(C)C)cccc2C(C)C)c2ccccc21.[Au+].c1ccc2c(c1)[n-]c1ccc(-n3c4ccccc4c4ccccc43)cc12. The van der Waals surface area contributed by atoms with Gasteiger partial charge >= 0.3 is 28.4 Å². The zero-order valence-electron chi connectivity index (χ0n) is 35.8. The van der Waals surface area contributed by atoms with Crippen LogP contribution >= 0.6 is 0 Å². The molecular weight excluding hydrogens is 914 g/mol. The zero-order valence-corrected chi connectivity index (χ0v) is 38.0.